The zero-order chi connectivity index (χ0) is 13.5. The van der Waals surface area contributed by atoms with Gasteiger partial charge >= 0.3 is 0 Å². The monoisotopic (exact) mass is 255 g/mol. The van der Waals surface area contributed by atoms with Crippen LogP contribution in [0.4, 0.5) is 0 Å². The van der Waals surface area contributed by atoms with Crippen LogP contribution < -0.4 is 5.73 Å². The van der Waals surface area contributed by atoms with E-state index in [2.05, 4.69) is 41.1 Å². The molecule has 2 rings (SSSR count). The molecule has 0 aliphatic carbocycles. The molecule has 2 N–H and O–H groups in total. The van der Waals surface area contributed by atoms with Crippen LogP contribution in [0.5, 0.6) is 0 Å². The molecule has 100 valence electrons. The minimum atomic E-state index is 0.244. The van der Waals surface area contributed by atoms with Gasteiger partial charge in [0.05, 0.1) is 0 Å². The summed E-state index contributed by atoms with van der Waals surface area (Å²) < 4.78 is 0. The number of nitrogens with two attached hydrogens (primary N) is 1. The van der Waals surface area contributed by atoms with E-state index in [1.54, 1.807) is 0 Å². The van der Waals surface area contributed by atoms with E-state index in [1.807, 2.05) is 30.6 Å². The largest absolute Gasteiger partial charge is 0.329 e. The van der Waals surface area contributed by atoms with Gasteiger partial charge in [-0.05, 0) is 29.8 Å². The van der Waals surface area contributed by atoms with Crippen molar-refractivity contribution in [2.75, 3.05) is 13.1 Å². The smallest absolute Gasteiger partial charge is 0.0474 e. The molecule has 2 aromatic rings. The number of nitrogens with zero attached hydrogens (tertiary/aromatic N) is 2. The number of benzene rings is 1. The third-order valence-electron chi connectivity index (χ3n) is 3.39. The van der Waals surface area contributed by atoms with E-state index in [-0.39, 0.29) is 6.04 Å². The molecule has 0 spiro atoms. The topological polar surface area (TPSA) is 42.1 Å². The molecule has 0 saturated carbocycles. The number of pyridine rings is 1. The Bertz CT molecular complexity index is 470. The van der Waals surface area contributed by atoms with Crippen LogP contribution in [0.2, 0.25) is 0 Å². The van der Waals surface area contributed by atoms with Crippen molar-refractivity contribution in [3.8, 4) is 0 Å². The van der Waals surface area contributed by atoms with E-state index in [0.717, 1.165) is 13.1 Å². The molecule has 19 heavy (non-hydrogen) atoms. The van der Waals surface area contributed by atoms with Gasteiger partial charge in [-0.25, -0.2) is 0 Å². The minimum Gasteiger partial charge on any atom is -0.329 e. The Morgan fingerprint density at radius 1 is 1.11 bits per heavy atom. The van der Waals surface area contributed by atoms with Crippen molar-refractivity contribution in [1.82, 2.24) is 9.88 Å². The van der Waals surface area contributed by atoms with Crippen LogP contribution in [0, 0.1) is 0 Å². The molecule has 1 atom stereocenters. The van der Waals surface area contributed by atoms with E-state index in [9.17, 15) is 0 Å². The maximum Gasteiger partial charge on any atom is 0.0474 e. The lowest BCUT2D eigenvalue weighted by Crippen LogP contribution is -2.33. The highest BCUT2D eigenvalue weighted by Crippen LogP contribution is 2.21. The van der Waals surface area contributed by atoms with Gasteiger partial charge in [0.1, 0.15) is 0 Å². The van der Waals surface area contributed by atoms with E-state index in [0.29, 0.717) is 6.54 Å². The lowest BCUT2D eigenvalue weighted by atomic mass is 10.1. The quantitative estimate of drug-likeness (QED) is 0.862. The average Bonchev–Trinajstić information content (AvgIpc) is 2.49. The Hall–Kier alpha value is -1.71. The summed E-state index contributed by atoms with van der Waals surface area (Å²) in [6.07, 6.45) is 3.66. The summed E-state index contributed by atoms with van der Waals surface area (Å²) >= 11 is 0. The number of rotatable bonds is 6. The first-order chi connectivity index (χ1) is 9.35. The molecule has 0 saturated heterocycles. The van der Waals surface area contributed by atoms with Crippen molar-refractivity contribution < 1.29 is 0 Å². The Labute approximate surface area is 115 Å². The van der Waals surface area contributed by atoms with Gasteiger partial charge in [0.2, 0.25) is 0 Å². The number of likely N-dealkylation sites (N-methyl/N-ethyl adjacent to an activating group) is 1. The summed E-state index contributed by atoms with van der Waals surface area (Å²) in [5.74, 6) is 0. The van der Waals surface area contributed by atoms with Gasteiger partial charge < -0.3 is 5.73 Å². The molecule has 0 aliphatic heterocycles. The third-order valence-corrected chi connectivity index (χ3v) is 3.39. The molecule has 3 nitrogen and oxygen atoms in total. The molecular weight excluding hydrogens is 234 g/mol. The molecule has 1 unspecified atom stereocenters. The van der Waals surface area contributed by atoms with Crippen molar-refractivity contribution in [3.63, 3.8) is 0 Å². The Morgan fingerprint density at radius 2 is 1.79 bits per heavy atom. The van der Waals surface area contributed by atoms with E-state index >= 15 is 0 Å². The van der Waals surface area contributed by atoms with Crippen molar-refractivity contribution in [1.29, 1.82) is 0 Å². The third kappa shape index (κ3) is 3.63. The van der Waals surface area contributed by atoms with Crippen LogP contribution in [0.1, 0.15) is 24.1 Å². The summed E-state index contributed by atoms with van der Waals surface area (Å²) in [7, 11) is 0. The second-order valence-corrected chi connectivity index (χ2v) is 4.58. The van der Waals surface area contributed by atoms with E-state index in [1.165, 1.54) is 11.1 Å². The first kappa shape index (κ1) is 13.7. The molecule has 1 aromatic carbocycles. The second kappa shape index (κ2) is 7.02. The number of aromatic nitrogens is 1. The fourth-order valence-corrected chi connectivity index (χ4v) is 2.34. The van der Waals surface area contributed by atoms with Gasteiger partial charge in [0.15, 0.2) is 0 Å². The first-order valence-corrected chi connectivity index (χ1v) is 6.73. The number of hydrogen-bond acceptors (Lipinski definition) is 3. The predicted octanol–water partition coefficient (Wildman–Crippen LogP) is 2.60. The molecule has 0 amide bonds. The van der Waals surface area contributed by atoms with Gasteiger partial charge in [-0.3, -0.25) is 9.88 Å². The molecule has 0 aliphatic rings. The highest BCUT2D eigenvalue weighted by Gasteiger charge is 2.17. The predicted molar refractivity (Wildman–Crippen MR) is 78.6 cm³/mol. The molecule has 0 radical (unpaired) electrons. The zero-order valence-corrected chi connectivity index (χ0v) is 11.4. The maximum atomic E-state index is 5.97. The standard InChI is InChI=1S/C16H21N3/c1-2-19(13-14-6-4-3-5-7-14)16(12-17)15-8-10-18-11-9-15/h3-11,16H,2,12-13,17H2,1H3. The zero-order valence-electron chi connectivity index (χ0n) is 11.4. The van der Waals surface area contributed by atoms with Crippen molar-refractivity contribution in [2.45, 2.75) is 19.5 Å². The normalized spacial score (nSPS) is 12.6. The summed E-state index contributed by atoms with van der Waals surface area (Å²) in [5, 5.41) is 0. The van der Waals surface area contributed by atoms with Crippen molar-refractivity contribution in [3.05, 3.63) is 66.0 Å². The Morgan fingerprint density at radius 3 is 2.37 bits per heavy atom. The summed E-state index contributed by atoms with van der Waals surface area (Å²) in [4.78, 5) is 6.47. The van der Waals surface area contributed by atoms with Crippen molar-refractivity contribution in [2.24, 2.45) is 5.73 Å². The van der Waals surface area contributed by atoms with Gasteiger partial charge in [-0.15, -0.1) is 0 Å². The maximum absolute atomic E-state index is 5.97. The SMILES string of the molecule is CCN(Cc1ccccc1)C(CN)c1ccncc1. The summed E-state index contributed by atoms with van der Waals surface area (Å²) in [5.41, 5.74) is 8.52. The molecular formula is C16H21N3. The van der Waals surface area contributed by atoms with E-state index < -0.39 is 0 Å². The van der Waals surface area contributed by atoms with Gasteiger partial charge in [0, 0.05) is 31.5 Å². The van der Waals surface area contributed by atoms with Crippen LogP contribution in [0.3, 0.4) is 0 Å². The van der Waals surface area contributed by atoms with Crippen molar-refractivity contribution >= 4 is 0 Å². The van der Waals surface area contributed by atoms with Gasteiger partial charge in [-0.1, -0.05) is 37.3 Å². The van der Waals surface area contributed by atoms with Crippen LogP contribution >= 0.6 is 0 Å². The highest BCUT2D eigenvalue weighted by molar-refractivity contribution is 5.18. The van der Waals surface area contributed by atoms with Gasteiger partial charge in [0.25, 0.3) is 0 Å². The van der Waals surface area contributed by atoms with Crippen LogP contribution in [-0.4, -0.2) is 23.0 Å². The molecule has 3 heteroatoms. The fourth-order valence-electron chi connectivity index (χ4n) is 2.34. The van der Waals surface area contributed by atoms with Crippen LogP contribution in [0.15, 0.2) is 54.9 Å². The Balaban J connectivity index is 2.15. The lowest BCUT2D eigenvalue weighted by molar-refractivity contribution is 0.203. The van der Waals surface area contributed by atoms with Crippen LogP contribution in [0.25, 0.3) is 0 Å². The lowest BCUT2D eigenvalue weighted by Gasteiger charge is -2.30. The van der Waals surface area contributed by atoms with Gasteiger partial charge in [-0.2, -0.15) is 0 Å². The summed E-state index contributed by atoms with van der Waals surface area (Å²) in [6.45, 7) is 4.68. The van der Waals surface area contributed by atoms with Crippen LogP contribution in [-0.2, 0) is 6.54 Å². The minimum absolute atomic E-state index is 0.244. The molecule has 1 heterocycles. The average molecular weight is 255 g/mol. The van der Waals surface area contributed by atoms with E-state index in [4.69, 9.17) is 5.73 Å². The second-order valence-electron chi connectivity index (χ2n) is 4.58. The molecule has 0 bridgehead atoms. The number of hydrogen-bond donors (Lipinski definition) is 1. The first-order valence-electron chi connectivity index (χ1n) is 6.73. The molecule has 0 fully saturated rings. The fraction of sp³-hybridized carbons (Fsp3) is 0.312. The summed E-state index contributed by atoms with van der Waals surface area (Å²) in [6, 6.07) is 14.8. The highest BCUT2D eigenvalue weighted by atomic mass is 15.2. The Kier molecular flexibility index (Phi) is 5.07. The molecule has 1 aromatic heterocycles.